The first kappa shape index (κ1) is 17.2. The molecule has 0 saturated carbocycles. The van der Waals surface area contributed by atoms with Gasteiger partial charge in [-0.05, 0) is 18.8 Å². The Morgan fingerprint density at radius 1 is 1.23 bits per heavy atom. The molecule has 0 amide bonds. The summed E-state index contributed by atoms with van der Waals surface area (Å²) in [6, 6.07) is 0. The number of hydrogen-bond donors (Lipinski definition) is 0. The van der Waals surface area contributed by atoms with Crippen LogP contribution in [0.25, 0.3) is 16.9 Å². The van der Waals surface area contributed by atoms with Crippen molar-refractivity contribution in [3.05, 3.63) is 34.5 Å². The molecular formula is C17H16Cl2N6O. The highest BCUT2D eigenvalue weighted by Crippen LogP contribution is 2.39. The Morgan fingerprint density at radius 3 is 2.69 bits per heavy atom. The topological polar surface area (TPSA) is 76.3 Å². The number of piperidine rings is 1. The maximum absolute atomic E-state index is 11.3. The second kappa shape index (κ2) is 6.81. The molecule has 0 aromatic carbocycles. The molecule has 134 valence electrons. The summed E-state index contributed by atoms with van der Waals surface area (Å²) in [5.41, 5.74) is 1.91. The summed E-state index contributed by atoms with van der Waals surface area (Å²) in [5, 5.41) is 4.99. The number of rotatable bonds is 3. The maximum Gasteiger partial charge on any atom is 0.169 e. The molecule has 3 aromatic rings. The molecule has 26 heavy (non-hydrogen) atoms. The fourth-order valence-electron chi connectivity index (χ4n) is 3.26. The SMILES string of the molecule is CC1CCN(c2c(-c3ncncc3Cl)c(Cl)nc3c(C=O)cnn23)CC1. The van der Waals surface area contributed by atoms with Crippen LogP contribution in [0.1, 0.15) is 30.1 Å². The van der Waals surface area contributed by atoms with Gasteiger partial charge in [-0.1, -0.05) is 30.1 Å². The third-order valence-electron chi connectivity index (χ3n) is 4.72. The lowest BCUT2D eigenvalue weighted by Crippen LogP contribution is -2.35. The van der Waals surface area contributed by atoms with E-state index in [1.807, 2.05) is 0 Å². The minimum absolute atomic E-state index is 0.232. The van der Waals surface area contributed by atoms with Crippen LogP contribution in [0.15, 0.2) is 18.7 Å². The summed E-state index contributed by atoms with van der Waals surface area (Å²) in [6.07, 6.45) is 7.27. The second-order valence-electron chi connectivity index (χ2n) is 6.44. The van der Waals surface area contributed by atoms with E-state index < -0.39 is 0 Å². The zero-order valence-corrected chi connectivity index (χ0v) is 15.6. The van der Waals surface area contributed by atoms with E-state index in [0.717, 1.165) is 38.0 Å². The third kappa shape index (κ3) is 2.81. The van der Waals surface area contributed by atoms with Crippen LogP contribution in [-0.4, -0.2) is 43.9 Å². The number of carbonyl (C=O) groups is 1. The van der Waals surface area contributed by atoms with Gasteiger partial charge in [0.05, 0.1) is 28.0 Å². The van der Waals surface area contributed by atoms with Crippen LogP contribution in [0.4, 0.5) is 5.82 Å². The van der Waals surface area contributed by atoms with Crippen molar-refractivity contribution in [3.8, 4) is 11.3 Å². The first-order chi connectivity index (χ1) is 12.6. The van der Waals surface area contributed by atoms with Crippen LogP contribution in [0.3, 0.4) is 0 Å². The lowest BCUT2D eigenvalue weighted by molar-refractivity contribution is 0.112. The van der Waals surface area contributed by atoms with E-state index in [9.17, 15) is 4.79 Å². The molecule has 4 rings (SSSR count). The quantitative estimate of drug-likeness (QED) is 0.502. The average Bonchev–Trinajstić information content (AvgIpc) is 3.04. The van der Waals surface area contributed by atoms with Crippen LogP contribution in [0.5, 0.6) is 0 Å². The summed E-state index contributed by atoms with van der Waals surface area (Å²) in [5.74, 6) is 1.41. The summed E-state index contributed by atoms with van der Waals surface area (Å²) in [6.45, 7) is 3.94. The molecule has 0 radical (unpaired) electrons. The van der Waals surface area contributed by atoms with E-state index in [4.69, 9.17) is 23.2 Å². The van der Waals surface area contributed by atoms with Crippen LogP contribution in [-0.2, 0) is 0 Å². The highest BCUT2D eigenvalue weighted by atomic mass is 35.5. The van der Waals surface area contributed by atoms with Crippen molar-refractivity contribution >= 4 is 41.0 Å². The number of aldehydes is 1. The Balaban J connectivity index is 2.01. The number of carbonyl (C=O) groups excluding carboxylic acids is 1. The van der Waals surface area contributed by atoms with Crippen molar-refractivity contribution < 1.29 is 4.79 Å². The Kier molecular flexibility index (Phi) is 4.50. The van der Waals surface area contributed by atoms with Gasteiger partial charge in [-0.15, -0.1) is 0 Å². The highest BCUT2D eigenvalue weighted by Gasteiger charge is 2.27. The molecule has 4 heterocycles. The van der Waals surface area contributed by atoms with Crippen molar-refractivity contribution in [2.24, 2.45) is 5.92 Å². The largest absolute Gasteiger partial charge is 0.356 e. The molecule has 0 unspecified atom stereocenters. The lowest BCUT2D eigenvalue weighted by Gasteiger charge is -2.33. The van der Waals surface area contributed by atoms with E-state index in [-0.39, 0.29) is 5.15 Å². The van der Waals surface area contributed by atoms with Crippen molar-refractivity contribution in [1.82, 2.24) is 24.6 Å². The molecule has 1 aliphatic rings. The van der Waals surface area contributed by atoms with Gasteiger partial charge >= 0.3 is 0 Å². The number of nitrogens with zero attached hydrogens (tertiary/aromatic N) is 6. The van der Waals surface area contributed by atoms with Crippen molar-refractivity contribution in [2.45, 2.75) is 19.8 Å². The Bertz CT molecular complexity index is 981. The first-order valence-electron chi connectivity index (χ1n) is 8.33. The number of fused-ring (bicyclic) bond motifs is 1. The highest BCUT2D eigenvalue weighted by molar-refractivity contribution is 6.36. The van der Waals surface area contributed by atoms with Gasteiger partial charge in [0.25, 0.3) is 0 Å². The molecule has 0 N–H and O–H groups in total. The zero-order chi connectivity index (χ0) is 18.3. The summed E-state index contributed by atoms with van der Waals surface area (Å²) < 4.78 is 1.65. The van der Waals surface area contributed by atoms with Gasteiger partial charge in [0.15, 0.2) is 11.9 Å². The first-order valence-corrected chi connectivity index (χ1v) is 9.09. The Labute approximate surface area is 160 Å². The molecule has 7 nitrogen and oxygen atoms in total. The predicted octanol–water partition coefficient (Wildman–Crippen LogP) is 3.54. The van der Waals surface area contributed by atoms with Gasteiger partial charge < -0.3 is 4.90 Å². The fourth-order valence-corrected chi connectivity index (χ4v) is 3.72. The van der Waals surface area contributed by atoms with Crippen LogP contribution < -0.4 is 4.90 Å². The standard InChI is InChI=1S/C17H16Cl2N6O/c1-10-2-4-24(5-3-10)17-13(14-12(18)7-20-9-21-14)15(19)23-16-11(8-26)6-22-25(16)17/h6-10H,2-5H2,1H3. The van der Waals surface area contributed by atoms with Gasteiger partial charge in [-0.3, -0.25) is 4.79 Å². The molecule has 0 atom stereocenters. The van der Waals surface area contributed by atoms with E-state index in [1.165, 1.54) is 18.7 Å². The van der Waals surface area contributed by atoms with Gasteiger partial charge in [0.2, 0.25) is 0 Å². The lowest BCUT2D eigenvalue weighted by atomic mass is 9.99. The summed E-state index contributed by atoms with van der Waals surface area (Å²) in [4.78, 5) is 26.2. The Morgan fingerprint density at radius 2 is 2.00 bits per heavy atom. The van der Waals surface area contributed by atoms with Gasteiger partial charge in [-0.2, -0.15) is 9.61 Å². The predicted molar refractivity (Wildman–Crippen MR) is 100 cm³/mol. The normalized spacial score (nSPS) is 15.6. The fraction of sp³-hybridized carbons (Fsp3) is 0.353. The van der Waals surface area contributed by atoms with E-state index >= 15 is 0 Å². The molecule has 9 heteroatoms. The molecule has 0 aliphatic carbocycles. The second-order valence-corrected chi connectivity index (χ2v) is 7.21. The third-order valence-corrected chi connectivity index (χ3v) is 5.27. The number of halogens is 2. The smallest absolute Gasteiger partial charge is 0.169 e. The van der Waals surface area contributed by atoms with E-state index in [0.29, 0.717) is 33.4 Å². The summed E-state index contributed by atoms with van der Waals surface area (Å²) >= 11 is 12.9. The van der Waals surface area contributed by atoms with Gasteiger partial charge in [0.1, 0.15) is 17.3 Å². The maximum atomic E-state index is 11.3. The average molecular weight is 391 g/mol. The van der Waals surface area contributed by atoms with Crippen molar-refractivity contribution in [2.75, 3.05) is 18.0 Å². The molecule has 0 bridgehead atoms. The molecule has 1 saturated heterocycles. The number of hydrogen-bond acceptors (Lipinski definition) is 6. The molecule has 0 spiro atoms. The summed E-state index contributed by atoms with van der Waals surface area (Å²) in [7, 11) is 0. The van der Waals surface area contributed by atoms with Crippen molar-refractivity contribution in [3.63, 3.8) is 0 Å². The minimum atomic E-state index is 0.232. The van der Waals surface area contributed by atoms with Gasteiger partial charge in [-0.25, -0.2) is 15.0 Å². The molecular weight excluding hydrogens is 375 g/mol. The molecule has 1 aliphatic heterocycles. The van der Waals surface area contributed by atoms with Crippen molar-refractivity contribution in [1.29, 1.82) is 0 Å². The number of anilines is 1. The molecule has 1 fully saturated rings. The minimum Gasteiger partial charge on any atom is -0.356 e. The molecule has 3 aromatic heterocycles. The monoisotopic (exact) mass is 390 g/mol. The van der Waals surface area contributed by atoms with Crippen LogP contribution in [0.2, 0.25) is 10.2 Å². The van der Waals surface area contributed by atoms with Gasteiger partial charge in [0, 0.05) is 19.3 Å². The van der Waals surface area contributed by atoms with Crippen LogP contribution >= 0.6 is 23.2 Å². The van der Waals surface area contributed by atoms with Crippen LogP contribution in [0, 0.1) is 5.92 Å². The van der Waals surface area contributed by atoms with E-state index in [2.05, 4.69) is 31.9 Å². The van der Waals surface area contributed by atoms with E-state index in [1.54, 1.807) is 4.52 Å². The Hall–Kier alpha value is -2.25. The zero-order valence-electron chi connectivity index (χ0n) is 14.1. The number of aromatic nitrogens is 5.